The number of carbonyl (C=O) groups excluding carboxylic acids is 1. The minimum absolute atomic E-state index is 0.0292. The van der Waals surface area contributed by atoms with Gasteiger partial charge in [0, 0.05) is 11.6 Å². The SMILES string of the molecule is N#C[C@@H]1C[C@H]2CCCC[C@@H]2N1C(=O)c1ccccc1. The van der Waals surface area contributed by atoms with E-state index in [1.54, 1.807) is 0 Å². The Morgan fingerprint density at radius 3 is 2.68 bits per heavy atom. The highest BCUT2D eigenvalue weighted by Crippen LogP contribution is 2.40. The molecule has 1 aromatic carbocycles. The van der Waals surface area contributed by atoms with Gasteiger partial charge in [0.05, 0.1) is 6.07 Å². The average Bonchev–Trinajstić information content (AvgIpc) is 2.86. The lowest BCUT2D eigenvalue weighted by molar-refractivity contribution is 0.0655. The third kappa shape index (κ3) is 2.12. The van der Waals surface area contributed by atoms with Gasteiger partial charge in [-0.3, -0.25) is 4.79 Å². The maximum absolute atomic E-state index is 12.6. The second-order valence-electron chi connectivity index (χ2n) is 5.57. The zero-order valence-corrected chi connectivity index (χ0v) is 11.0. The molecule has 0 N–H and O–H groups in total. The summed E-state index contributed by atoms with van der Waals surface area (Å²) in [6, 6.07) is 11.7. The first-order chi connectivity index (χ1) is 9.31. The van der Waals surface area contributed by atoms with Gasteiger partial charge in [-0.25, -0.2) is 0 Å². The molecule has 2 aliphatic rings. The summed E-state index contributed by atoms with van der Waals surface area (Å²) in [4.78, 5) is 14.5. The Morgan fingerprint density at radius 1 is 1.21 bits per heavy atom. The molecule has 1 aliphatic carbocycles. The zero-order valence-electron chi connectivity index (χ0n) is 11.0. The van der Waals surface area contributed by atoms with Gasteiger partial charge in [0.2, 0.25) is 0 Å². The number of fused-ring (bicyclic) bond motifs is 1. The van der Waals surface area contributed by atoms with Crippen molar-refractivity contribution >= 4 is 5.91 Å². The molecule has 0 bridgehead atoms. The number of hydrogen-bond donors (Lipinski definition) is 0. The number of nitriles is 1. The van der Waals surface area contributed by atoms with Crippen molar-refractivity contribution in [3.05, 3.63) is 35.9 Å². The van der Waals surface area contributed by atoms with Crippen LogP contribution in [0.2, 0.25) is 0 Å². The maximum Gasteiger partial charge on any atom is 0.255 e. The van der Waals surface area contributed by atoms with E-state index < -0.39 is 0 Å². The molecule has 1 heterocycles. The van der Waals surface area contributed by atoms with Crippen molar-refractivity contribution < 1.29 is 4.79 Å². The van der Waals surface area contributed by atoms with Crippen molar-refractivity contribution in [1.82, 2.24) is 4.90 Å². The lowest BCUT2D eigenvalue weighted by atomic mass is 9.85. The standard InChI is InChI=1S/C16H18N2O/c17-11-14-10-13-8-4-5-9-15(13)18(14)16(19)12-6-2-1-3-7-12/h1-3,6-7,13-15H,4-5,8-10H2/t13-,14+,15+/m1/s1. The monoisotopic (exact) mass is 254 g/mol. The smallest absolute Gasteiger partial charge is 0.255 e. The van der Waals surface area contributed by atoms with Crippen LogP contribution in [-0.4, -0.2) is 22.9 Å². The van der Waals surface area contributed by atoms with Crippen LogP contribution in [0.15, 0.2) is 30.3 Å². The largest absolute Gasteiger partial charge is 0.319 e. The highest BCUT2D eigenvalue weighted by molar-refractivity contribution is 5.95. The zero-order chi connectivity index (χ0) is 13.2. The first-order valence-electron chi connectivity index (χ1n) is 7.08. The highest BCUT2D eigenvalue weighted by Gasteiger charge is 2.44. The van der Waals surface area contributed by atoms with E-state index in [1.807, 2.05) is 35.2 Å². The summed E-state index contributed by atoms with van der Waals surface area (Å²) < 4.78 is 0. The van der Waals surface area contributed by atoms with Crippen LogP contribution in [0, 0.1) is 17.2 Å². The van der Waals surface area contributed by atoms with Crippen molar-refractivity contribution in [2.75, 3.05) is 0 Å². The fraction of sp³-hybridized carbons (Fsp3) is 0.500. The van der Waals surface area contributed by atoms with Gasteiger partial charge in [-0.05, 0) is 37.3 Å². The Balaban J connectivity index is 1.89. The number of amides is 1. The lowest BCUT2D eigenvalue weighted by Crippen LogP contribution is -2.42. The molecule has 3 atom stereocenters. The minimum Gasteiger partial charge on any atom is -0.319 e. The van der Waals surface area contributed by atoms with E-state index in [9.17, 15) is 10.1 Å². The predicted molar refractivity (Wildman–Crippen MR) is 72.4 cm³/mol. The number of hydrogen-bond acceptors (Lipinski definition) is 2. The number of rotatable bonds is 1. The van der Waals surface area contributed by atoms with Gasteiger partial charge in [0.25, 0.3) is 5.91 Å². The van der Waals surface area contributed by atoms with E-state index in [4.69, 9.17) is 0 Å². The summed E-state index contributed by atoms with van der Waals surface area (Å²) >= 11 is 0. The summed E-state index contributed by atoms with van der Waals surface area (Å²) in [5.41, 5.74) is 0.703. The van der Waals surface area contributed by atoms with E-state index in [0.717, 1.165) is 12.8 Å². The average molecular weight is 254 g/mol. The third-order valence-electron chi connectivity index (χ3n) is 4.49. The second-order valence-corrected chi connectivity index (χ2v) is 5.57. The van der Waals surface area contributed by atoms with Crippen molar-refractivity contribution in [2.45, 2.75) is 44.2 Å². The molecule has 0 spiro atoms. The lowest BCUT2D eigenvalue weighted by Gasteiger charge is -2.32. The second kappa shape index (κ2) is 5.05. The highest BCUT2D eigenvalue weighted by atomic mass is 16.2. The normalized spacial score (nSPS) is 29.6. The molecule has 1 aromatic rings. The van der Waals surface area contributed by atoms with E-state index in [2.05, 4.69) is 6.07 Å². The number of likely N-dealkylation sites (tertiary alicyclic amines) is 1. The first-order valence-corrected chi connectivity index (χ1v) is 7.08. The van der Waals surface area contributed by atoms with Crippen LogP contribution < -0.4 is 0 Å². The molecule has 1 amide bonds. The van der Waals surface area contributed by atoms with Gasteiger partial charge in [0.1, 0.15) is 6.04 Å². The van der Waals surface area contributed by atoms with Gasteiger partial charge < -0.3 is 4.90 Å². The first kappa shape index (κ1) is 12.2. The summed E-state index contributed by atoms with van der Waals surface area (Å²) in [7, 11) is 0. The molecule has 0 aromatic heterocycles. The van der Waals surface area contributed by atoms with Crippen molar-refractivity contribution in [2.24, 2.45) is 5.92 Å². The molecular formula is C16H18N2O. The number of carbonyl (C=O) groups is 1. The van der Waals surface area contributed by atoms with Crippen LogP contribution >= 0.6 is 0 Å². The predicted octanol–water partition coefficient (Wildman–Crippen LogP) is 2.98. The Kier molecular flexibility index (Phi) is 3.25. The summed E-state index contributed by atoms with van der Waals surface area (Å²) in [5, 5.41) is 9.34. The van der Waals surface area contributed by atoms with Crippen LogP contribution in [-0.2, 0) is 0 Å². The molecule has 98 valence electrons. The Hall–Kier alpha value is -1.82. The van der Waals surface area contributed by atoms with E-state index in [0.29, 0.717) is 11.5 Å². The molecule has 19 heavy (non-hydrogen) atoms. The molecule has 3 rings (SSSR count). The topological polar surface area (TPSA) is 44.1 Å². The molecule has 0 radical (unpaired) electrons. The minimum atomic E-state index is -0.235. The fourth-order valence-corrected chi connectivity index (χ4v) is 3.60. The molecule has 1 saturated heterocycles. The molecule has 3 heteroatoms. The quantitative estimate of drug-likeness (QED) is 0.773. The van der Waals surface area contributed by atoms with Crippen molar-refractivity contribution in [1.29, 1.82) is 5.26 Å². The Morgan fingerprint density at radius 2 is 1.95 bits per heavy atom. The third-order valence-corrected chi connectivity index (χ3v) is 4.49. The number of nitrogens with zero attached hydrogens (tertiary/aromatic N) is 2. The summed E-state index contributed by atoms with van der Waals surface area (Å²) in [6.45, 7) is 0. The summed E-state index contributed by atoms with van der Waals surface area (Å²) in [6.07, 6.45) is 5.51. The van der Waals surface area contributed by atoms with Gasteiger partial charge in [-0.1, -0.05) is 31.0 Å². The van der Waals surface area contributed by atoms with Crippen LogP contribution in [0.4, 0.5) is 0 Å². The van der Waals surface area contributed by atoms with Gasteiger partial charge >= 0.3 is 0 Å². The Labute approximate surface area is 113 Å². The van der Waals surface area contributed by atoms with Gasteiger partial charge in [0.15, 0.2) is 0 Å². The Bertz CT molecular complexity index is 505. The molecule has 0 unspecified atom stereocenters. The van der Waals surface area contributed by atoms with E-state index in [-0.39, 0.29) is 18.0 Å². The van der Waals surface area contributed by atoms with Crippen LogP contribution in [0.3, 0.4) is 0 Å². The molecule has 1 saturated carbocycles. The molecular weight excluding hydrogens is 236 g/mol. The van der Waals surface area contributed by atoms with Crippen molar-refractivity contribution in [3.63, 3.8) is 0 Å². The molecule has 1 aliphatic heterocycles. The van der Waals surface area contributed by atoms with Crippen molar-refractivity contribution in [3.8, 4) is 6.07 Å². The maximum atomic E-state index is 12.6. The van der Waals surface area contributed by atoms with E-state index in [1.165, 1.54) is 19.3 Å². The number of benzene rings is 1. The van der Waals surface area contributed by atoms with Crippen LogP contribution in [0.25, 0.3) is 0 Å². The molecule has 3 nitrogen and oxygen atoms in total. The van der Waals surface area contributed by atoms with Gasteiger partial charge in [-0.2, -0.15) is 5.26 Å². The fourth-order valence-electron chi connectivity index (χ4n) is 3.60. The van der Waals surface area contributed by atoms with Gasteiger partial charge in [-0.15, -0.1) is 0 Å². The van der Waals surface area contributed by atoms with Crippen LogP contribution in [0.1, 0.15) is 42.5 Å². The molecule has 2 fully saturated rings. The van der Waals surface area contributed by atoms with E-state index >= 15 is 0 Å². The summed E-state index contributed by atoms with van der Waals surface area (Å²) in [5.74, 6) is 0.563. The van der Waals surface area contributed by atoms with Crippen LogP contribution in [0.5, 0.6) is 0 Å².